The summed E-state index contributed by atoms with van der Waals surface area (Å²) in [7, 11) is 0. The second-order valence-electron chi connectivity index (χ2n) is 8.48. The third-order valence-corrected chi connectivity index (χ3v) is 6.07. The lowest BCUT2D eigenvalue weighted by Gasteiger charge is -2.15. The number of para-hydroxylation sites is 1. The minimum absolute atomic E-state index is 0.274. The van der Waals surface area contributed by atoms with Crippen LogP contribution >= 0.6 is 0 Å². The molecule has 1 saturated heterocycles. The molecule has 0 saturated carbocycles. The highest BCUT2D eigenvalue weighted by atomic mass is 16.5. The second kappa shape index (κ2) is 9.41. The van der Waals surface area contributed by atoms with Crippen LogP contribution in [0.5, 0.6) is 0 Å². The van der Waals surface area contributed by atoms with Crippen LogP contribution in [-0.4, -0.2) is 42.4 Å². The maximum Gasteiger partial charge on any atom is 0.340 e. The van der Waals surface area contributed by atoms with E-state index in [0.29, 0.717) is 41.9 Å². The number of aromatic nitrogens is 5. The van der Waals surface area contributed by atoms with Crippen molar-refractivity contribution in [3.63, 3.8) is 0 Å². The van der Waals surface area contributed by atoms with Crippen molar-refractivity contribution in [3.8, 4) is 0 Å². The topological polar surface area (TPSA) is 157 Å². The molecule has 3 aromatic heterocycles. The first-order valence-electron chi connectivity index (χ1n) is 11.1. The largest absolute Gasteiger partial charge is 0.422 e. The molecular formula is C23H24N6O6. The van der Waals surface area contributed by atoms with Crippen LogP contribution in [0.4, 0.5) is 0 Å². The summed E-state index contributed by atoms with van der Waals surface area (Å²) in [6.45, 7) is 1.97. The fourth-order valence-electron chi connectivity index (χ4n) is 4.24. The van der Waals surface area contributed by atoms with Crippen LogP contribution in [0.15, 0.2) is 61.5 Å². The summed E-state index contributed by atoms with van der Waals surface area (Å²) in [6, 6.07) is 8.75. The normalized spacial score (nSPS) is 20.0. The quantitative estimate of drug-likeness (QED) is 0.318. The third-order valence-electron chi connectivity index (χ3n) is 6.07. The van der Waals surface area contributed by atoms with Gasteiger partial charge in [-0.1, -0.05) is 23.4 Å². The van der Waals surface area contributed by atoms with E-state index >= 15 is 0 Å². The predicted octanol–water partition coefficient (Wildman–Crippen LogP) is 0.354. The van der Waals surface area contributed by atoms with Gasteiger partial charge in [0.15, 0.2) is 0 Å². The van der Waals surface area contributed by atoms with E-state index in [1.807, 2.05) is 18.2 Å². The van der Waals surface area contributed by atoms with Gasteiger partial charge in [0.05, 0.1) is 30.1 Å². The van der Waals surface area contributed by atoms with Crippen molar-refractivity contribution >= 4 is 11.0 Å². The number of benzene rings is 1. The van der Waals surface area contributed by atoms with Gasteiger partial charge < -0.3 is 19.6 Å². The number of aromatic amines is 1. The molecule has 1 aliphatic heterocycles. The second-order valence-corrected chi connectivity index (χ2v) is 8.48. The zero-order valence-corrected chi connectivity index (χ0v) is 18.9. The number of aryl methyl sites for hydroxylation is 1. The molecule has 12 heteroatoms. The Morgan fingerprint density at radius 2 is 2.03 bits per heavy atom. The van der Waals surface area contributed by atoms with E-state index in [-0.39, 0.29) is 12.6 Å². The highest BCUT2D eigenvalue weighted by Gasteiger charge is 2.38. The van der Waals surface area contributed by atoms with Crippen molar-refractivity contribution in [3.05, 3.63) is 90.8 Å². The Bertz CT molecular complexity index is 1540. The fraction of sp³-hybridized carbons (Fsp3) is 0.348. The number of rotatable bonds is 7. The smallest absolute Gasteiger partial charge is 0.340 e. The average Bonchev–Trinajstić information content (AvgIpc) is 3.48. The monoisotopic (exact) mass is 480 g/mol. The number of nitrogens with zero attached hydrogens (tertiary/aromatic N) is 4. The van der Waals surface area contributed by atoms with Gasteiger partial charge in [0.25, 0.3) is 5.56 Å². The van der Waals surface area contributed by atoms with Crippen LogP contribution in [0, 0.1) is 6.92 Å². The zero-order chi connectivity index (χ0) is 24.5. The van der Waals surface area contributed by atoms with Gasteiger partial charge in [-0.3, -0.25) is 14.3 Å². The summed E-state index contributed by atoms with van der Waals surface area (Å²) < 4.78 is 14.1. The van der Waals surface area contributed by atoms with Crippen LogP contribution in [-0.2, 0) is 17.8 Å². The van der Waals surface area contributed by atoms with Crippen molar-refractivity contribution in [2.24, 2.45) is 0 Å². The minimum Gasteiger partial charge on any atom is -0.422 e. The van der Waals surface area contributed by atoms with E-state index in [4.69, 9.17) is 9.15 Å². The number of H-pyrrole nitrogens is 1. The highest BCUT2D eigenvalue weighted by Crippen LogP contribution is 2.35. The van der Waals surface area contributed by atoms with Gasteiger partial charge in [-0.25, -0.2) is 14.3 Å². The van der Waals surface area contributed by atoms with Gasteiger partial charge in [-0.05, 0) is 19.1 Å². The fourth-order valence-corrected chi connectivity index (χ4v) is 4.24. The first-order valence-corrected chi connectivity index (χ1v) is 11.1. The van der Waals surface area contributed by atoms with E-state index in [0.717, 1.165) is 5.39 Å². The lowest BCUT2D eigenvalue weighted by Crippen LogP contribution is -2.33. The Balaban J connectivity index is 1.26. The molecule has 35 heavy (non-hydrogen) atoms. The van der Waals surface area contributed by atoms with Crippen LogP contribution in [0.2, 0.25) is 0 Å². The Kier molecular flexibility index (Phi) is 6.16. The lowest BCUT2D eigenvalue weighted by molar-refractivity contribution is -0.0323. The molecule has 4 aromatic rings. The van der Waals surface area contributed by atoms with Gasteiger partial charge >= 0.3 is 11.3 Å². The van der Waals surface area contributed by atoms with Crippen LogP contribution in [0.1, 0.15) is 35.5 Å². The number of fused-ring (bicyclic) bond motifs is 1. The first-order chi connectivity index (χ1) is 16.9. The molecule has 0 aliphatic carbocycles. The molecule has 182 valence electrons. The molecular weight excluding hydrogens is 456 g/mol. The standard InChI is InChI=1S/C23H24N6O6/c1-13-10-28(23(33)25-21(13)31)20-7-17(19(12-30)34-20)29-11-16(26-27-29)9-24-8-15-6-14-4-2-3-5-18(14)35-22(15)32/h2-6,10-11,17,19-20,24,30H,7-9,12H2,1H3,(H,25,31,33)/t17-,19+,20+/m0/s1. The molecule has 3 N–H and O–H groups in total. The van der Waals surface area contributed by atoms with Gasteiger partial charge in [-0.15, -0.1) is 5.10 Å². The van der Waals surface area contributed by atoms with Gasteiger partial charge in [0, 0.05) is 36.7 Å². The Morgan fingerprint density at radius 1 is 1.20 bits per heavy atom. The predicted molar refractivity (Wildman–Crippen MR) is 124 cm³/mol. The van der Waals surface area contributed by atoms with Crippen molar-refractivity contribution in [1.82, 2.24) is 29.9 Å². The summed E-state index contributed by atoms with van der Waals surface area (Å²) in [5, 5.41) is 22.2. The number of aliphatic hydroxyl groups is 1. The number of aliphatic hydroxyl groups excluding tert-OH is 1. The van der Waals surface area contributed by atoms with E-state index < -0.39 is 29.2 Å². The SMILES string of the molecule is Cc1cn([C@H]2C[C@H](n3cc(CNCc4cc5ccccc5oc4=O)nn3)[C@@H](CO)O2)c(=O)[nH]c1=O. The lowest BCUT2D eigenvalue weighted by atomic mass is 10.1. The third kappa shape index (κ3) is 4.58. The van der Waals surface area contributed by atoms with Crippen LogP contribution in [0.3, 0.4) is 0 Å². The van der Waals surface area contributed by atoms with Gasteiger partial charge in [-0.2, -0.15) is 0 Å². The van der Waals surface area contributed by atoms with Crippen molar-refractivity contribution < 1.29 is 14.3 Å². The van der Waals surface area contributed by atoms with Gasteiger partial charge in [0.1, 0.15) is 17.9 Å². The molecule has 0 unspecified atom stereocenters. The summed E-state index contributed by atoms with van der Waals surface area (Å²) in [5.74, 6) is 0. The molecule has 0 radical (unpaired) electrons. The van der Waals surface area contributed by atoms with E-state index in [1.54, 1.807) is 29.9 Å². The number of hydrogen-bond acceptors (Lipinski definition) is 9. The minimum atomic E-state index is -0.668. The van der Waals surface area contributed by atoms with Crippen molar-refractivity contribution in [2.45, 2.75) is 44.8 Å². The van der Waals surface area contributed by atoms with Crippen LogP contribution < -0.4 is 22.2 Å². The zero-order valence-electron chi connectivity index (χ0n) is 18.9. The molecule has 0 amide bonds. The number of hydrogen-bond donors (Lipinski definition) is 3. The van der Waals surface area contributed by atoms with Gasteiger partial charge in [0.2, 0.25) is 0 Å². The number of nitrogens with one attached hydrogen (secondary N) is 2. The summed E-state index contributed by atoms with van der Waals surface area (Å²) in [4.78, 5) is 38.4. The van der Waals surface area contributed by atoms with E-state index in [9.17, 15) is 19.5 Å². The number of ether oxygens (including phenoxy) is 1. The Labute approximate surface area is 197 Å². The summed E-state index contributed by atoms with van der Waals surface area (Å²) >= 11 is 0. The molecule has 0 bridgehead atoms. The molecule has 1 aromatic carbocycles. The molecule has 3 atom stereocenters. The maximum absolute atomic E-state index is 12.2. The summed E-state index contributed by atoms with van der Waals surface area (Å²) in [5.41, 5.74) is 0.634. The average molecular weight is 480 g/mol. The molecule has 0 spiro atoms. The van der Waals surface area contributed by atoms with E-state index in [1.165, 1.54) is 10.8 Å². The first kappa shape index (κ1) is 22.9. The molecule has 5 rings (SSSR count). The molecule has 1 fully saturated rings. The molecule has 12 nitrogen and oxygen atoms in total. The van der Waals surface area contributed by atoms with Crippen molar-refractivity contribution in [2.75, 3.05) is 6.61 Å². The summed E-state index contributed by atoms with van der Waals surface area (Å²) in [6.07, 6.45) is 2.26. The molecule has 1 aliphatic rings. The van der Waals surface area contributed by atoms with E-state index in [2.05, 4.69) is 20.6 Å². The maximum atomic E-state index is 12.2. The highest BCUT2D eigenvalue weighted by molar-refractivity contribution is 5.76. The van der Waals surface area contributed by atoms with Crippen LogP contribution in [0.25, 0.3) is 11.0 Å². The Morgan fingerprint density at radius 3 is 2.86 bits per heavy atom. The molecule has 4 heterocycles. The van der Waals surface area contributed by atoms with Crippen molar-refractivity contribution in [1.29, 1.82) is 0 Å². The Hall–Kier alpha value is -3.87.